The van der Waals surface area contributed by atoms with E-state index in [1.54, 1.807) is 0 Å². The quantitative estimate of drug-likeness (QED) is 0.624. The molecule has 0 atom stereocenters. The molecule has 0 rings (SSSR count). The SMILES string of the molecule is CCC(N)(CC)COC(C)=O. The second-order valence-electron chi connectivity index (χ2n) is 2.85. The molecule has 0 aromatic carbocycles. The largest absolute Gasteiger partial charge is 0.464 e. The Morgan fingerprint density at radius 3 is 2.18 bits per heavy atom. The van der Waals surface area contributed by atoms with E-state index in [2.05, 4.69) is 0 Å². The van der Waals surface area contributed by atoms with Gasteiger partial charge in [0.25, 0.3) is 0 Å². The van der Waals surface area contributed by atoms with Gasteiger partial charge < -0.3 is 10.5 Å². The maximum Gasteiger partial charge on any atom is 0.302 e. The summed E-state index contributed by atoms with van der Waals surface area (Å²) >= 11 is 0. The highest BCUT2D eigenvalue weighted by Gasteiger charge is 2.21. The van der Waals surface area contributed by atoms with Gasteiger partial charge in [0, 0.05) is 12.5 Å². The standard InChI is InChI=1S/C8H17NO2/c1-4-8(9,5-2)6-11-7(3)10/h4-6,9H2,1-3H3. The van der Waals surface area contributed by atoms with Crippen LogP contribution in [0.4, 0.5) is 0 Å². The van der Waals surface area contributed by atoms with E-state index in [4.69, 9.17) is 10.5 Å². The Morgan fingerprint density at radius 1 is 1.45 bits per heavy atom. The Balaban J connectivity index is 3.78. The second-order valence-corrected chi connectivity index (χ2v) is 2.85. The summed E-state index contributed by atoms with van der Waals surface area (Å²) in [6.07, 6.45) is 1.66. The number of ether oxygens (including phenoxy) is 1. The minimum Gasteiger partial charge on any atom is -0.464 e. The molecule has 0 aromatic rings. The Bertz CT molecular complexity index is 130. The first-order valence-corrected chi connectivity index (χ1v) is 3.96. The zero-order valence-electron chi connectivity index (χ0n) is 7.52. The monoisotopic (exact) mass is 159 g/mol. The first-order valence-electron chi connectivity index (χ1n) is 3.96. The molecule has 0 unspecified atom stereocenters. The maximum atomic E-state index is 10.4. The lowest BCUT2D eigenvalue weighted by molar-refractivity contribution is -0.142. The third kappa shape index (κ3) is 3.98. The molecular weight excluding hydrogens is 142 g/mol. The highest BCUT2D eigenvalue weighted by Crippen LogP contribution is 2.11. The minimum atomic E-state index is -0.328. The van der Waals surface area contributed by atoms with Crippen LogP contribution in [0.25, 0.3) is 0 Å². The van der Waals surface area contributed by atoms with Crippen molar-refractivity contribution in [1.29, 1.82) is 0 Å². The van der Waals surface area contributed by atoms with Crippen LogP contribution in [-0.2, 0) is 9.53 Å². The lowest BCUT2D eigenvalue weighted by atomic mass is 9.96. The molecule has 0 aliphatic rings. The summed E-state index contributed by atoms with van der Waals surface area (Å²) in [7, 11) is 0. The number of rotatable bonds is 4. The van der Waals surface area contributed by atoms with Gasteiger partial charge in [-0.1, -0.05) is 13.8 Å². The van der Waals surface area contributed by atoms with Crippen molar-refractivity contribution >= 4 is 5.97 Å². The predicted octanol–water partition coefficient (Wildman–Crippen LogP) is 1.07. The summed E-state index contributed by atoms with van der Waals surface area (Å²) in [4.78, 5) is 10.4. The van der Waals surface area contributed by atoms with E-state index in [1.807, 2.05) is 13.8 Å². The topological polar surface area (TPSA) is 52.3 Å². The van der Waals surface area contributed by atoms with Crippen LogP contribution >= 0.6 is 0 Å². The van der Waals surface area contributed by atoms with Crippen LogP contribution in [-0.4, -0.2) is 18.1 Å². The summed E-state index contributed by atoms with van der Waals surface area (Å²) in [5, 5.41) is 0. The molecule has 0 fully saturated rings. The van der Waals surface area contributed by atoms with Crippen LogP contribution in [0.3, 0.4) is 0 Å². The molecule has 0 radical (unpaired) electrons. The van der Waals surface area contributed by atoms with Crippen molar-refractivity contribution in [2.75, 3.05) is 6.61 Å². The fourth-order valence-electron chi connectivity index (χ4n) is 0.699. The van der Waals surface area contributed by atoms with Gasteiger partial charge in [-0.05, 0) is 12.8 Å². The van der Waals surface area contributed by atoms with Gasteiger partial charge in [0.05, 0.1) is 0 Å². The van der Waals surface area contributed by atoms with Crippen LogP contribution in [0.1, 0.15) is 33.6 Å². The average Bonchev–Trinajstić information content (AvgIpc) is 2.00. The van der Waals surface area contributed by atoms with Crippen LogP contribution < -0.4 is 5.73 Å². The molecule has 0 heterocycles. The normalized spacial score (nSPS) is 11.3. The van der Waals surface area contributed by atoms with Gasteiger partial charge in [-0.15, -0.1) is 0 Å². The zero-order valence-corrected chi connectivity index (χ0v) is 7.52. The first-order chi connectivity index (χ1) is 5.04. The van der Waals surface area contributed by atoms with Gasteiger partial charge in [-0.2, -0.15) is 0 Å². The first kappa shape index (κ1) is 10.4. The van der Waals surface area contributed by atoms with Crippen molar-refractivity contribution in [3.8, 4) is 0 Å². The third-order valence-corrected chi connectivity index (χ3v) is 1.97. The molecule has 0 spiro atoms. The fourth-order valence-corrected chi connectivity index (χ4v) is 0.699. The predicted molar refractivity (Wildman–Crippen MR) is 44.1 cm³/mol. The van der Waals surface area contributed by atoms with Gasteiger partial charge in [0.1, 0.15) is 6.61 Å². The van der Waals surface area contributed by atoms with E-state index >= 15 is 0 Å². The van der Waals surface area contributed by atoms with E-state index in [0.29, 0.717) is 6.61 Å². The summed E-state index contributed by atoms with van der Waals surface area (Å²) < 4.78 is 4.82. The van der Waals surface area contributed by atoms with Crippen molar-refractivity contribution in [2.45, 2.75) is 39.2 Å². The molecule has 0 amide bonds. The molecule has 11 heavy (non-hydrogen) atoms. The number of nitrogens with two attached hydrogens (primary N) is 1. The Hall–Kier alpha value is -0.570. The van der Waals surface area contributed by atoms with Gasteiger partial charge in [0.15, 0.2) is 0 Å². The van der Waals surface area contributed by atoms with E-state index in [-0.39, 0.29) is 11.5 Å². The number of carbonyl (C=O) groups is 1. The maximum absolute atomic E-state index is 10.4. The average molecular weight is 159 g/mol. The molecule has 0 aliphatic heterocycles. The molecular formula is C8H17NO2. The van der Waals surface area contributed by atoms with Crippen LogP contribution in [0, 0.1) is 0 Å². The van der Waals surface area contributed by atoms with E-state index in [0.717, 1.165) is 12.8 Å². The number of hydrogen-bond acceptors (Lipinski definition) is 3. The Kier molecular flexibility index (Phi) is 4.11. The molecule has 2 N–H and O–H groups in total. The fraction of sp³-hybridized carbons (Fsp3) is 0.875. The number of carbonyl (C=O) groups excluding carboxylic acids is 1. The molecule has 0 aromatic heterocycles. The summed E-state index contributed by atoms with van der Waals surface area (Å²) in [5.41, 5.74) is 5.54. The van der Waals surface area contributed by atoms with Gasteiger partial charge >= 0.3 is 5.97 Å². The smallest absolute Gasteiger partial charge is 0.302 e. The summed E-state index contributed by atoms with van der Waals surface area (Å²) in [6.45, 7) is 5.71. The zero-order chi connectivity index (χ0) is 8.91. The van der Waals surface area contributed by atoms with Crippen molar-refractivity contribution in [3.05, 3.63) is 0 Å². The Morgan fingerprint density at radius 2 is 1.91 bits per heavy atom. The molecule has 3 nitrogen and oxygen atoms in total. The number of hydrogen-bond donors (Lipinski definition) is 1. The minimum absolute atomic E-state index is 0.262. The second kappa shape index (κ2) is 4.34. The molecule has 3 heteroatoms. The van der Waals surface area contributed by atoms with Crippen LogP contribution in [0.2, 0.25) is 0 Å². The van der Waals surface area contributed by atoms with Gasteiger partial charge in [0.2, 0.25) is 0 Å². The summed E-state index contributed by atoms with van der Waals surface area (Å²) in [5.74, 6) is -0.262. The van der Waals surface area contributed by atoms with Crippen LogP contribution in [0.15, 0.2) is 0 Å². The molecule has 0 saturated heterocycles. The van der Waals surface area contributed by atoms with E-state index in [1.165, 1.54) is 6.92 Å². The lowest BCUT2D eigenvalue weighted by Crippen LogP contribution is -2.43. The molecule has 0 bridgehead atoms. The van der Waals surface area contributed by atoms with E-state index in [9.17, 15) is 4.79 Å². The molecule has 0 aliphatic carbocycles. The van der Waals surface area contributed by atoms with Crippen molar-refractivity contribution in [2.24, 2.45) is 5.73 Å². The highest BCUT2D eigenvalue weighted by molar-refractivity contribution is 5.65. The van der Waals surface area contributed by atoms with Crippen molar-refractivity contribution in [3.63, 3.8) is 0 Å². The molecule has 0 saturated carbocycles. The van der Waals surface area contributed by atoms with Crippen molar-refractivity contribution in [1.82, 2.24) is 0 Å². The molecule has 66 valence electrons. The summed E-state index contributed by atoms with van der Waals surface area (Å²) in [6, 6.07) is 0. The number of esters is 1. The van der Waals surface area contributed by atoms with Crippen molar-refractivity contribution < 1.29 is 9.53 Å². The Labute approximate surface area is 67.9 Å². The lowest BCUT2D eigenvalue weighted by Gasteiger charge is -2.25. The third-order valence-electron chi connectivity index (χ3n) is 1.97. The van der Waals surface area contributed by atoms with Crippen LogP contribution in [0.5, 0.6) is 0 Å². The highest BCUT2D eigenvalue weighted by atomic mass is 16.5. The van der Waals surface area contributed by atoms with Gasteiger partial charge in [-0.3, -0.25) is 4.79 Å². The van der Waals surface area contributed by atoms with E-state index < -0.39 is 0 Å². The van der Waals surface area contributed by atoms with Gasteiger partial charge in [-0.25, -0.2) is 0 Å².